The predicted octanol–water partition coefficient (Wildman–Crippen LogP) is 0.835. The van der Waals surface area contributed by atoms with E-state index in [0.29, 0.717) is 13.2 Å². The Kier molecular flexibility index (Phi) is 5.55. The highest BCUT2D eigenvalue weighted by Gasteiger charge is 2.21. The monoisotopic (exact) mass is 303 g/mol. The number of hydrogen-bond acceptors (Lipinski definition) is 4. The van der Waals surface area contributed by atoms with Gasteiger partial charge in [0.2, 0.25) is 11.8 Å². The predicted molar refractivity (Wildman–Crippen MR) is 83.5 cm³/mol. The molecule has 2 amide bonds. The van der Waals surface area contributed by atoms with Crippen molar-refractivity contribution in [3.63, 3.8) is 0 Å². The molecule has 0 spiro atoms. The zero-order valence-corrected chi connectivity index (χ0v) is 12.9. The maximum Gasteiger partial charge on any atom is 0.245 e. The van der Waals surface area contributed by atoms with Gasteiger partial charge in [0.05, 0.1) is 12.3 Å². The second-order valence-corrected chi connectivity index (χ2v) is 5.12. The van der Waals surface area contributed by atoms with Gasteiger partial charge in [0, 0.05) is 20.1 Å². The van der Waals surface area contributed by atoms with Gasteiger partial charge in [-0.25, -0.2) is 5.01 Å². The summed E-state index contributed by atoms with van der Waals surface area (Å²) in [6.45, 7) is 2.87. The van der Waals surface area contributed by atoms with E-state index >= 15 is 0 Å². The number of rotatable bonds is 6. The van der Waals surface area contributed by atoms with Gasteiger partial charge in [-0.15, -0.1) is 0 Å². The van der Waals surface area contributed by atoms with Crippen LogP contribution in [0.4, 0.5) is 0 Å². The zero-order chi connectivity index (χ0) is 15.9. The maximum absolute atomic E-state index is 11.9. The lowest BCUT2D eigenvalue weighted by Crippen LogP contribution is -2.49. The minimum atomic E-state index is -0.219. The van der Waals surface area contributed by atoms with Gasteiger partial charge >= 0.3 is 0 Å². The van der Waals surface area contributed by atoms with Crippen molar-refractivity contribution < 1.29 is 14.3 Å². The molecule has 0 unspecified atom stereocenters. The Bertz CT molecular complexity index is 567. The number of methoxy groups -OCH3 is 1. The molecule has 0 radical (unpaired) electrons. The molecule has 118 valence electrons. The smallest absolute Gasteiger partial charge is 0.245 e. The summed E-state index contributed by atoms with van der Waals surface area (Å²) in [5.41, 5.74) is 6.01. The molecular weight excluding hydrogens is 282 g/mol. The van der Waals surface area contributed by atoms with Gasteiger partial charge in [-0.05, 0) is 18.6 Å². The number of benzene rings is 1. The van der Waals surface area contributed by atoms with E-state index in [-0.39, 0.29) is 24.8 Å². The molecule has 2 N–H and O–H groups in total. The number of carbonyl (C=O) groups is 2. The summed E-state index contributed by atoms with van der Waals surface area (Å²) in [6.07, 6.45) is 2.12. The molecule has 2 rings (SSSR count). The molecule has 1 aromatic carbocycles. The highest BCUT2D eigenvalue weighted by atomic mass is 16.5. The van der Waals surface area contributed by atoms with Crippen LogP contribution in [0.25, 0.3) is 5.70 Å². The van der Waals surface area contributed by atoms with Crippen LogP contribution in [0.1, 0.15) is 17.5 Å². The van der Waals surface area contributed by atoms with Crippen molar-refractivity contribution in [2.45, 2.75) is 13.3 Å². The SMILES string of the molecule is COCCNC(=O)CN1NC(c2ccc(C)cc2)=CCC1=O. The van der Waals surface area contributed by atoms with Crippen LogP contribution in [0.15, 0.2) is 30.3 Å². The van der Waals surface area contributed by atoms with E-state index in [0.717, 1.165) is 11.3 Å². The highest BCUT2D eigenvalue weighted by Crippen LogP contribution is 2.17. The molecule has 1 aromatic rings. The van der Waals surface area contributed by atoms with Crippen molar-refractivity contribution in [2.24, 2.45) is 0 Å². The summed E-state index contributed by atoms with van der Waals surface area (Å²) in [4.78, 5) is 23.7. The minimum Gasteiger partial charge on any atom is -0.383 e. The lowest BCUT2D eigenvalue weighted by molar-refractivity contribution is -0.137. The molecule has 0 aliphatic carbocycles. The van der Waals surface area contributed by atoms with Crippen LogP contribution in [0.2, 0.25) is 0 Å². The third-order valence-corrected chi connectivity index (χ3v) is 3.33. The van der Waals surface area contributed by atoms with E-state index < -0.39 is 0 Å². The van der Waals surface area contributed by atoms with Gasteiger partial charge in [-0.3, -0.25) is 15.0 Å². The highest BCUT2D eigenvalue weighted by molar-refractivity contribution is 5.88. The van der Waals surface area contributed by atoms with E-state index in [4.69, 9.17) is 4.74 Å². The second-order valence-electron chi connectivity index (χ2n) is 5.12. The number of nitrogens with zero attached hydrogens (tertiary/aromatic N) is 1. The van der Waals surface area contributed by atoms with Gasteiger partial charge in [-0.2, -0.15) is 0 Å². The maximum atomic E-state index is 11.9. The molecule has 0 saturated heterocycles. The first-order valence-electron chi connectivity index (χ1n) is 7.20. The Balaban J connectivity index is 1.96. The first-order valence-corrected chi connectivity index (χ1v) is 7.20. The van der Waals surface area contributed by atoms with Gasteiger partial charge < -0.3 is 10.1 Å². The van der Waals surface area contributed by atoms with Gasteiger partial charge in [0.25, 0.3) is 0 Å². The van der Waals surface area contributed by atoms with E-state index in [2.05, 4.69) is 10.7 Å². The van der Waals surface area contributed by atoms with Crippen LogP contribution in [0.5, 0.6) is 0 Å². The summed E-state index contributed by atoms with van der Waals surface area (Å²) in [7, 11) is 1.57. The average molecular weight is 303 g/mol. The van der Waals surface area contributed by atoms with Crippen LogP contribution in [0.3, 0.4) is 0 Å². The Morgan fingerprint density at radius 3 is 2.77 bits per heavy atom. The lowest BCUT2D eigenvalue weighted by atomic mass is 10.1. The molecule has 6 nitrogen and oxygen atoms in total. The molecule has 0 aromatic heterocycles. The number of carbonyl (C=O) groups excluding carboxylic acids is 2. The first-order chi connectivity index (χ1) is 10.6. The quantitative estimate of drug-likeness (QED) is 0.764. The van der Waals surface area contributed by atoms with Crippen molar-refractivity contribution in [3.05, 3.63) is 41.5 Å². The number of hydrogen-bond donors (Lipinski definition) is 2. The Labute approximate surface area is 130 Å². The number of ether oxygens (including phenoxy) is 1. The number of hydrazine groups is 1. The fourth-order valence-electron chi connectivity index (χ4n) is 2.09. The van der Waals surface area contributed by atoms with Crippen LogP contribution >= 0.6 is 0 Å². The second kappa shape index (κ2) is 7.61. The largest absolute Gasteiger partial charge is 0.383 e. The molecule has 1 aliphatic rings. The van der Waals surface area contributed by atoms with Crippen molar-refractivity contribution in [1.82, 2.24) is 15.8 Å². The topological polar surface area (TPSA) is 70.7 Å². The molecule has 1 heterocycles. The fraction of sp³-hybridized carbons (Fsp3) is 0.375. The molecule has 1 aliphatic heterocycles. The van der Waals surface area contributed by atoms with Crippen molar-refractivity contribution >= 4 is 17.5 Å². The normalized spacial score (nSPS) is 14.4. The van der Waals surface area contributed by atoms with Crippen LogP contribution in [0, 0.1) is 6.92 Å². The summed E-state index contributed by atoms with van der Waals surface area (Å²) in [6, 6.07) is 7.99. The van der Waals surface area contributed by atoms with Crippen LogP contribution < -0.4 is 10.7 Å². The van der Waals surface area contributed by atoms with Gasteiger partial charge in [-0.1, -0.05) is 29.8 Å². The minimum absolute atomic E-state index is 0.0221. The molecular formula is C16H21N3O3. The third-order valence-electron chi connectivity index (χ3n) is 3.33. The van der Waals surface area contributed by atoms with E-state index in [1.165, 1.54) is 10.6 Å². The molecule has 0 saturated carbocycles. The van der Waals surface area contributed by atoms with Crippen molar-refractivity contribution in [3.8, 4) is 0 Å². The zero-order valence-electron chi connectivity index (χ0n) is 12.9. The van der Waals surface area contributed by atoms with Gasteiger partial charge in [0.15, 0.2) is 0 Å². The Hall–Kier alpha value is -2.34. The standard InChI is InChI=1S/C16H21N3O3/c1-12-3-5-13(6-4-12)14-7-8-16(21)19(18-14)11-15(20)17-9-10-22-2/h3-7,18H,8-11H2,1-2H3,(H,17,20). The van der Waals surface area contributed by atoms with Crippen molar-refractivity contribution in [2.75, 3.05) is 26.8 Å². The van der Waals surface area contributed by atoms with Crippen LogP contribution in [-0.2, 0) is 14.3 Å². The molecule has 0 fully saturated rings. The van der Waals surface area contributed by atoms with E-state index in [1.54, 1.807) is 7.11 Å². The van der Waals surface area contributed by atoms with Crippen LogP contribution in [-0.4, -0.2) is 43.6 Å². The third kappa shape index (κ3) is 4.33. The van der Waals surface area contributed by atoms with E-state index in [9.17, 15) is 9.59 Å². The fourth-order valence-corrected chi connectivity index (χ4v) is 2.09. The molecule has 22 heavy (non-hydrogen) atoms. The summed E-state index contributed by atoms with van der Waals surface area (Å²) in [5, 5.41) is 4.04. The first kappa shape index (κ1) is 16.0. The molecule has 0 atom stereocenters. The van der Waals surface area contributed by atoms with E-state index in [1.807, 2.05) is 37.3 Å². The Morgan fingerprint density at radius 2 is 2.09 bits per heavy atom. The van der Waals surface area contributed by atoms with Crippen molar-refractivity contribution in [1.29, 1.82) is 0 Å². The molecule has 6 heteroatoms. The lowest BCUT2D eigenvalue weighted by Gasteiger charge is -2.28. The number of aryl methyl sites for hydroxylation is 1. The summed E-state index contributed by atoms with van der Waals surface area (Å²) >= 11 is 0. The summed E-state index contributed by atoms with van der Waals surface area (Å²) < 4.78 is 4.87. The summed E-state index contributed by atoms with van der Waals surface area (Å²) in [5.74, 6) is -0.346. The number of nitrogens with one attached hydrogen (secondary N) is 2. The Morgan fingerprint density at radius 1 is 1.36 bits per heavy atom. The molecule has 0 bridgehead atoms. The van der Waals surface area contributed by atoms with Gasteiger partial charge in [0.1, 0.15) is 6.54 Å². The number of amides is 2. The average Bonchev–Trinajstić information content (AvgIpc) is 2.51.